The maximum Gasteiger partial charge on any atom is 0.180 e. The van der Waals surface area contributed by atoms with Crippen LogP contribution in [0.2, 0.25) is 0 Å². The highest BCUT2D eigenvalue weighted by atomic mass is 16.5. The van der Waals surface area contributed by atoms with Gasteiger partial charge in [-0.3, -0.25) is 9.88 Å². The van der Waals surface area contributed by atoms with Crippen LogP contribution >= 0.6 is 0 Å². The molecule has 0 aromatic carbocycles. The van der Waals surface area contributed by atoms with Crippen molar-refractivity contribution in [3.63, 3.8) is 0 Å². The number of rotatable bonds is 5. The quantitative estimate of drug-likeness (QED) is 0.854. The van der Waals surface area contributed by atoms with Crippen LogP contribution in [0.15, 0.2) is 24.4 Å². The zero-order chi connectivity index (χ0) is 19.4. The number of aromatic nitrogens is 3. The monoisotopic (exact) mass is 381 g/mol. The summed E-state index contributed by atoms with van der Waals surface area (Å²) in [7, 11) is 0. The second-order valence-corrected chi connectivity index (χ2v) is 8.06. The van der Waals surface area contributed by atoms with Crippen molar-refractivity contribution >= 4 is 5.82 Å². The molecule has 0 spiro atoms. The van der Waals surface area contributed by atoms with Gasteiger partial charge in [0.1, 0.15) is 11.5 Å². The third-order valence-corrected chi connectivity index (χ3v) is 6.33. The number of aryl methyl sites for hydroxylation is 1. The van der Waals surface area contributed by atoms with E-state index in [0.717, 1.165) is 55.6 Å². The van der Waals surface area contributed by atoms with E-state index in [1.54, 1.807) is 6.20 Å². The fourth-order valence-corrected chi connectivity index (χ4v) is 4.51. The number of hydrogen-bond acceptors (Lipinski definition) is 6. The normalized spacial score (nSPS) is 20.1. The summed E-state index contributed by atoms with van der Waals surface area (Å²) in [5.41, 5.74) is 3.14. The molecule has 0 bridgehead atoms. The second-order valence-electron chi connectivity index (χ2n) is 8.06. The number of nitrogens with one attached hydrogen (secondary N) is 1. The fraction of sp³-hybridized carbons (Fsp3) is 0.591. The molecule has 0 unspecified atom stereocenters. The van der Waals surface area contributed by atoms with Crippen LogP contribution in [0, 0.1) is 13.8 Å². The lowest BCUT2D eigenvalue weighted by Crippen LogP contribution is -2.58. The highest BCUT2D eigenvalue weighted by Gasteiger charge is 2.38. The van der Waals surface area contributed by atoms with Crippen LogP contribution in [0.1, 0.15) is 43.4 Å². The number of hydrogen-bond donors (Lipinski definition) is 1. The lowest BCUT2D eigenvalue weighted by atomic mass is 9.79. The van der Waals surface area contributed by atoms with E-state index in [4.69, 9.17) is 9.72 Å². The molecule has 2 aromatic heterocycles. The SMILES string of the molecule is Cc1nc(-c2ccccn2)nc(NCC2(N3CCOCC3)CCCCC2)c1C. The summed E-state index contributed by atoms with van der Waals surface area (Å²) in [5, 5.41) is 3.71. The van der Waals surface area contributed by atoms with Gasteiger partial charge in [0.25, 0.3) is 0 Å². The van der Waals surface area contributed by atoms with Crippen LogP contribution in [-0.2, 0) is 4.74 Å². The standard InChI is InChI=1S/C22H31N5O/c1-17-18(2)25-21(19-8-4-7-11-23-19)26-20(17)24-16-22(9-5-3-6-10-22)27-12-14-28-15-13-27/h4,7-8,11H,3,5-6,9-10,12-16H2,1-2H3,(H,24,25,26). The molecule has 0 amide bonds. The van der Waals surface area contributed by atoms with Gasteiger partial charge in [0.2, 0.25) is 0 Å². The average molecular weight is 382 g/mol. The third kappa shape index (κ3) is 4.03. The van der Waals surface area contributed by atoms with Crippen molar-refractivity contribution in [2.45, 2.75) is 51.5 Å². The van der Waals surface area contributed by atoms with Crippen molar-refractivity contribution < 1.29 is 4.74 Å². The topological polar surface area (TPSA) is 63.2 Å². The summed E-state index contributed by atoms with van der Waals surface area (Å²) in [4.78, 5) is 16.6. The Morgan fingerprint density at radius 1 is 1.07 bits per heavy atom. The smallest absolute Gasteiger partial charge is 0.180 e. The molecule has 150 valence electrons. The maximum absolute atomic E-state index is 5.61. The van der Waals surface area contributed by atoms with Gasteiger partial charge in [-0.2, -0.15) is 0 Å². The Morgan fingerprint density at radius 3 is 2.57 bits per heavy atom. The first kappa shape index (κ1) is 19.3. The highest BCUT2D eigenvalue weighted by molar-refractivity contribution is 5.56. The number of anilines is 1. The van der Waals surface area contributed by atoms with Gasteiger partial charge in [-0.15, -0.1) is 0 Å². The number of morpholine rings is 1. The molecular formula is C22H31N5O. The van der Waals surface area contributed by atoms with Crippen LogP contribution < -0.4 is 5.32 Å². The summed E-state index contributed by atoms with van der Waals surface area (Å²) in [6.45, 7) is 8.82. The summed E-state index contributed by atoms with van der Waals surface area (Å²) in [6, 6.07) is 5.85. The van der Waals surface area contributed by atoms with Crippen LogP contribution in [0.4, 0.5) is 5.82 Å². The number of ether oxygens (including phenoxy) is 1. The minimum absolute atomic E-state index is 0.207. The molecule has 3 heterocycles. The Labute approximate surface area is 167 Å². The van der Waals surface area contributed by atoms with Gasteiger partial charge in [0.05, 0.1) is 13.2 Å². The summed E-state index contributed by atoms with van der Waals surface area (Å²) in [6.07, 6.45) is 8.24. The van der Waals surface area contributed by atoms with Gasteiger partial charge in [0.15, 0.2) is 5.82 Å². The minimum atomic E-state index is 0.207. The van der Waals surface area contributed by atoms with Crippen molar-refractivity contribution in [1.82, 2.24) is 19.9 Å². The van der Waals surface area contributed by atoms with E-state index >= 15 is 0 Å². The van der Waals surface area contributed by atoms with Gasteiger partial charge >= 0.3 is 0 Å². The first-order valence-corrected chi connectivity index (χ1v) is 10.5. The Bertz CT molecular complexity index is 783. The second kappa shape index (κ2) is 8.53. The van der Waals surface area contributed by atoms with Crippen molar-refractivity contribution in [3.05, 3.63) is 35.7 Å². The van der Waals surface area contributed by atoms with E-state index in [1.165, 1.54) is 32.1 Å². The lowest BCUT2D eigenvalue weighted by molar-refractivity contribution is -0.0318. The molecule has 1 saturated heterocycles. The van der Waals surface area contributed by atoms with Gasteiger partial charge in [-0.1, -0.05) is 25.3 Å². The minimum Gasteiger partial charge on any atom is -0.379 e. The molecule has 6 nitrogen and oxygen atoms in total. The van der Waals surface area contributed by atoms with Crippen molar-refractivity contribution in [1.29, 1.82) is 0 Å². The highest BCUT2D eigenvalue weighted by Crippen LogP contribution is 2.35. The fourth-order valence-electron chi connectivity index (χ4n) is 4.51. The largest absolute Gasteiger partial charge is 0.379 e. The summed E-state index contributed by atoms with van der Waals surface area (Å²) < 4.78 is 5.61. The van der Waals surface area contributed by atoms with Crippen LogP contribution in [0.25, 0.3) is 11.5 Å². The molecule has 1 aliphatic heterocycles. The van der Waals surface area contributed by atoms with Crippen LogP contribution in [0.3, 0.4) is 0 Å². The van der Waals surface area contributed by atoms with E-state index in [1.807, 2.05) is 25.1 Å². The molecule has 28 heavy (non-hydrogen) atoms. The van der Waals surface area contributed by atoms with Crippen molar-refractivity contribution in [2.24, 2.45) is 0 Å². The van der Waals surface area contributed by atoms with E-state index in [0.29, 0.717) is 5.82 Å². The zero-order valence-electron chi connectivity index (χ0n) is 17.1. The molecular weight excluding hydrogens is 350 g/mol. The number of pyridine rings is 1. The summed E-state index contributed by atoms with van der Waals surface area (Å²) in [5.74, 6) is 1.63. The predicted molar refractivity (Wildman–Crippen MR) is 111 cm³/mol. The molecule has 2 fully saturated rings. The molecule has 0 atom stereocenters. The van der Waals surface area contributed by atoms with Gasteiger partial charge in [-0.25, -0.2) is 9.97 Å². The first-order chi connectivity index (χ1) is 13.7. The van der Waals surface area contributed by atoms with E-state index < -0.39 is 0 Å². The molecule has 1 aliphatic carbocycles. The van der Waals surface area contributed by atoms with Crippen molar-refractivity contribution in [2.75, 3.05) is 38.2 Å². The maximum atomic E-state index is 5.61. The predicted octanol–water partition coefficient (Wildman–Crippen LogP) is 3.60. The molecule has 6 heteroatoms. The van der Waals surface area contributed by atoms with E-state index in [9.17, 15) is 0 Å². The van der Waals surface area contributed by atoms with Crippen molar-refractivity contribution in [3.8, 4) is 11.5 Å². The third-order valence-electron chi connectivity index (χ3n) is 6.33. The number of nitrogens with zero attached hydrogens (tertiary/aromatic N) is 4. The first-order valence-electron chi connectivity index (χ1n) is 10.5. The van der Waals surface area contributed by atoms with Gasteiger partial charge in [-0.05, 0) is 38.8 Å². The Kier molecular flexibility index (Phi) is 5.87. The van der Waals surface area contributed by atoms with E-state index in [-0.39, 0.29) is 5.54 Å². The van der Waals surface area contributed by atoms with Gasteiger partial charge in [0, 0.05) is 42.6 Å². The molecule has 4 rings (SSSR count). The van der Waals surface area contributed by atoms with Crippen LogP contribution in [0.5, 0.6) is 0 Å². The zero-order valence-corrected chi connectivity index (χ0v) is 17.1. The molecule has 1 saturated carbocycles. The molecule has 0 radical (unpaired) electrons. The average Bonchev–Trinajstić information content (AvgIpc) is 2.76. The summed E-state index contributed by atoms with van der Waals surface area (Å²) >= 11 is 0. The molecule has 2 aromatic rings. The molecule has 2 aliphatic rings. The lowest BCUT2D eigenvalue weighted by Gasteiger charge is -2.48. The molecule has 1 N–H and O–H groups in total. The van der Waals surface area contributed by atoms with Gasteiger partial charge < -0.3 is 10.1 Å². The van der Waals surface area contributed by atoms with Crippen LogP contribution in [-0.4, -0.2) is 58.2 Å². The Hall–Kier alpha value is -2.05. The van der Waals surface area contributed by atoms with E-state index in [2.05, 4.69) is 27.1 Å². The Balaban J connectivity index is 1.58. The Morgan fingerprint density at radius 2 is 1.86 bits per heavy atom.